The molecule has 1 atom stereocenters. The number of methoxy groups -OCH3 is 1. The minimum Gasteiger partial charge on any atom is -0.497 e. The predicted octanol–water partition coefficient (Wildman–Crippen LogP) is 3.75. The summed E-state index contributed by atoms with van der Waals surface area (Å²) < 4.78 is 5.16. The molecule has 1 unspecified atom stereocenters. The van der Waals surface area contributed by atoms with E-state index in [2.05, 4.69) is 5.32 Å². The van der Waals surface area contributed by atoms with E-state index in [-0.39, 0.29) is 22.5 Å². The number of hydrogen-bond acceptors (Lipinski definition) is 6. The molecule has 0 radical (unpaired) electrons. The van der Waals surface area contributed by atoms with Gasteiger partial charge in [-0.3, -0.25) is 24.6 Å². The molecule has 2 amide bonds. The molecular formula is C24H29ClN4O5. The number of nitro groups is 1. The summed E-state index contributed by atoms with van der Waals surface area (Å²) in [5.41, 5.74) is 1.27. The second kappa shape index (κ2) is 11.8. The third-order valence-corrected chi connectivity index (χ3v) is 6.33. The van der Waals surface area contributed by atoms with Gasteiger partial charge in [-0.05, 0) is 43.5 Å². The minimum absolute atomic E-state index is 0.104. The number of anilines is 1. The van der Waals surface area contributed by atoms with Crippen LogP contribution >= 0.6 is 11.6 Å². The Kier molecular flexibility index (Phi) is 8.84. The van der Waals surface area contributed by atoms with E-state index in [0.29, 0.717) is 44.7 Å². The number of carbonyl (C=O) groups excluding carboxylic acids is 2. The zero-order chi connectivity index (χ0) is 24.7. The first-order valence-corrected chi connectivity index (χ1v) is 11.6. The van der Waals surface area contributed by atoms with Gasteiger partial charge in [0.05, 0.1) is 28.8 Å². The van der Waals surface area contributed by atoms with E-state index in [1.807, 2.05) is 34.1 Å². The Morgan fingerprint density at radius 1 is 1.15 bits per heavy atom. The summed E-state index contributed by atoms with van der Waals surface area (Å²) >= 11 is 6.09. The highest BCUT2D eigenvalue weighted by atomic mass is 35.5. The molecule has 2 aromatic carbocycles. The molecule has 0 bridgehead atoms. The molecule has 0 saturated carbocycles. The molecule has 182 valence electrons. The summed E-state index contributed by atoms with van der Waals surface area (Å²) in [7, 11) is 1.62. The van der Waals surface area contributed by atoms with Gasteiger partial charge in [-0.2, -0.15) is 0 Å². The molecule has 0 spiro atoms. The maximum absolute atomic E-state index is 12.8. The summed E-state index contributed by atoms with van der Waals surface area (Å²) in [6, 6.07) is 11.2. The topological polar surface area (TPSA) is 105 Å². The molecule has 1 aliphatic heterocycles. The number of halogens is 1. The average molecular weight is 489 g/mol. The van der Waals surface area contributed by atoms with E-state index < -0.39 is 11.0 Å². The van der Waals surface area contributed by atoms with Gasteiger partial charge in [-0.15, -0.1) is 0 Å². The number of nitro benzene ring substituents is 1. The van der Waals surface area contributed by atoms with E-state index in [1.54, 1.807) is 14.0 Å². The SMILES string of the molecule is COc1ccc(CCC(=O)N2CCCN(C(C)C(=O)Nc3ccc([N+](=O)[O-])cc3Cl)CC2)cc1. The highest BCUT2D eigenvalue weighted by molar-refractivity contribution is 6.34. The van der Waals surface area contributed by atoms with Crippen molar-refractivity contribution in [2.24, 2.45) is 0 Å². The smallest absolute Gasteiger partial charge is 0.271 e. The number of aryl methyl sites for hydroxylation is 1. The molecular weight excluding hydrogens is 460 g/mol. The molecule has 10 heteroatoms. The average Bonchev–Trinajstić information content (AvgIpc) is 3.10. The number of non-ortho nitro benzene ring substituents is 1. The molecule has 1 N–H and O–H groups in total. The van der Waals surface area contributed by atoms with Gasteiger partial charge < -0.3 is 15.0 Å². The van der Waals surface area contributed by atoms with Crippen LogP contribution in [0.15, 0.2) is 42.5 Å². The molecule has 1 saturated heterocycles. The van der Waals surface area contributed by atoms with Crippen LogP contribution < -0.4 is 10.1 Å². The quantitative estimate of drug-likeness (QED) is 0.448. The van der Waals surface area contributed by atoms with Crippen molar-refractivity contribution >= 4 is 34.8 Å². The molecule has 1 fully saturated rings. The first kappa shape index (κ1) is 25.5. The molecule has 2 aromatic rings. The van der Waals surface area contributed by atoms with Crippen LogP contribution in [0.3, 0.4) is 0 Å². The van der Waals surface area contributed by atoms with Gasteiger partial charge in [0.25, 0.3) is 5.69 Å². The Balaban J connectivity index is 1.50. The zero-order valence-corrected chi connectivity index (χ0v) is 20.1. The predicted molar refractivity (Wildman–Crippen MR) is 130 cm³/mol. The number of hydrogen-bond donors (Lipinski definition) is 1. The van der Waals surface area contributed by atoms with Crippen molar-refractivity contribution in [3.05, 3.63) is 63.2 Å². The van der Waals surface area contributed by atoms with Gasteiger partial charge in [0.15, 0.2) is 0 Å². The standard InChI is InChI=1S/C24H29ClN4O5/c1-17(24(31)26-22-10-7-19(29(32)33)16-21(22)25)27-12-3-13-28(15-14-27)23(30)11-6-18-4-8-20(34-2)9-5-18/h4-5,7-10,16-17H,3,6,11-15H2,1-2H3,(H,26,31). The molecule has 1 aliphatic rings. The normalized spacial score (nSPS) is 15.3. The number of ether oxygens (including phenoxy) is 1. The number of nitrogens with zero attached hydrogens (tertiary/aromatic N) is 3. The third-order valence-electron chi connectivity index (χ3n) is 6.02. The van der Waals surface area contributed by atoms with Gasteiger partial charge in [0.1, 0.15) is 5.75 Å². The van der Waals surface area contributed by atoms with Crippen LogP contribution in [-0.2, 0) is 16.0 Å². The highest BCUT2D eigenvalue weighted by Crippen LogP contribution is 2.27. The second-order valence-electron chi connectivity index (χ2n) is 8.20. The summed E-state index contributed by atoms with van der Waals surface area (Å²) in [5, 5.41) is 13.7. The van der Waals surface area contributed by atoms with Crippen molar-refractivity contribution in [2.45, 2.75) is 32.2 Å². The summed E-state index contributed by atoms with van der Waals surface area (Å²) in [6.07, 6.45) is 1.86. The molecule has 9 nitrogen and oxygen atoms in total. The number of carbonyl (C=O) groups is 2. The zero-order valence-electron chi connectivity index (χ0n) is 19.3. The lowest BCUT2D eigenvalue weighted by atomic mass is 10.1. The lowest BCUT2D eigenvalue weighted by Gasteiger charge is -2.27. The first-order chi connectivity index (χ1) is 16.3. The third kappa shape index (κ3) is 6.68. The molecule has 3 rings (SSSR count). The van der Waals surface area contributed by atoms with Crippen molar-refractivity contribution < 1.29 is 19.2 Å². The molecule has 34 heavy (non-hydrogen) atoms. The Morgan fingerprint density at radius 2 is 1.88 bits per heavy atom. The van der Waals surface area contributed by atoms with Crippen LogP contribution in [0.5, 0.6) is 5.75 Å². The fraction of sp³-hybridized carbons (Fsp3) is 0.417. The van der Waals surface area contributed by atoms with E-state index in [4.69, 9.17) is 16.3 Å². The van der Waals surface area contributed by atoms with E-state index in [1.165, 1.54) is 18.2 Å². The molecule has 0 aliphatic carbocycles. The van der Waals surface area contributed by atoms with Crippen molar-refractivity contribution in [1.29, 1.82) is 0 Å². The van der Waals surface area contributed by atoms with Crippen LogP contribution in [0, 0.1) is 10.1 Å². The van der Waals surface area contributed by atoms with Crippen molar-refractivity contribution in [2.75, 3.05) is 38.6 Å². The monoisotopic (exact) mass is 488 g/mol. The summed E-state index contributed by atoms with van der Waals surface area (Å²) in [6.45, 7) is 4.27. The van der Waals surface area contributed by atoms with Crippen molar-refractivity contribution in [3.63, 3.8) is 0 Å². The second-order valence-corrected chi connectivity index (χ2v) is 8.61. The van der Waals surface area contributed by atoms with Crippen molar-refractivity contribution in [1.82, 2.24) is 9.80 Å². The number of nitrogens with one attached hydrogen (secondary N) is 1. The van der Waals surface area contributed by atoms with E-state index >= 15 is 0 Å². The van der Waals surface area contributed by atoms with Crippen LogP contribution in [0.2, 0.25) is 5.02 Å². The number of benzene rings is 2. The van der Waals surface area contributed by atoms with E-state index in [9.17, 15) is 19.7 Å². The van der Waals surface area contributed by atoms with E-state index in [0.717, 1.165) is 17.7 Å². The van der Waals surface area contributed by atoms with Gasteiger partial charge >= 0.3 is 0 Å². The van der Waals surface area contributed by atoms with Crippen LogP contribution in [0.25, 0.3) is 0 Å². The lowest BCUT2D eigenvalue weighted by molar-refractivity contribution is -0.384. The number of rotatable bonds is 8. The highest BCUT2D eigenvalue weighted by Gasteiger charge is 2.26. The first-order valence-electron chi connectivity index (χ1n) is 11.2. The maximum atomic E-state index is 12.8. The Morgan fingerprint density at radius 3 is 2.53 bits per heavy atom. The van der Waals surface area contributed by atoms with Crippen LogP contribution in [0.1, 0.15) is 25.3 Å². The van der Waals surface area contributed by atoms with Gasteiger partial charge in [-0.25, -0.2) is 0 Å². The Labute approximate surface area is 203 Å². The van der Waals surface area contributed by atoms with Gasteiger partial charge in [0.2, 0.25) is 11.8 Å². The fourth-order valence-electron chi connectivity index (χ4n) is 3.90. The van der Waals surface area contributed by atoms with Gasteiger partial charge in [0, 0.05) is 44.7 Å². The minimum atomic E-state index is -0.540. The number of amides is 2. The Bertz CT molecular complexity index is 1030. The fourth-order valence-corrected chi connectivity index (χ4v) is 4.12. The summed E-state index contributed by atoms with van der Waals surface area (Å²) in [5.74, 6) is 0.638. The Hall–Kier alpha value is -3.17. The summed E-state index contributed by atoms with van der Waals surface area (Å²) in [4.78, 5) is 39.8. The molecule has 1 heterocycles. The maximum Gasteiger partial charge on any atom is 0.271 e. The largest absolute Gasteiger partial charge is 0.497 e. The van der Waals surface area contributed by atoms with Crippen LogP contribution in [0.4, 0.5) is 11.4 Å². The lowest BCUT2D eigenvalue weighted by Crippen LogP contribution is -2.44. The molecule has 0 aromatic heterocycles. The van der Waals surface area contributed by atoms with Crippen LogP contribution in [-0.4, -0.2) is 65.9 Å². The van der Waals surface area contributed by atoms with Crippen molar-refractivity contribution in [3.8, 4) is 5.75 Å². The van der Waals surface area contributed by atoms with Gasteiger partial charge in [-0.1, -0.05) is 23.7 Å².